The van der Waals surface area contributed by atoms with Crippen LogP contribution in [0.3, 0.4) is 0 Å². The third-order valence-corrected chi connectivity index (χ3v) is 3.75. The highest BCUT2D eigenvalue weighted by molar-refractivity contribution is 5.92. The van der Waals surface area contributed by atoms with Crippen LogP contribution in [0.5, 0.6) is 0 Å². The van der Waals surface area contributed by atoms with E-state index in [4.69, 9.17) is 0 Å². The van der Waals surface area contributed by atoms with Crippen molar-refractivity contribution in [2.45, 2.75) is 0 Å². The molecule has 124 valence electrons. The maximum absolute atomic E-state index is 13.7. The van der Waals surface area contributed by atoms with Crippen LogP contribution in [-0.2, 0) is 4.79 Å². The molecule has 0 atom stereocenters. The second kappa shape index (κ2) is 7.03. The minimum atomic E-state index is -0.428. The van der Waals surface area contributed by atoms with Crippen LogP contribution in [0.4, 0.5) is 16.0 Å². The number of hydrogen-bond acceptors (Lipinski definition) is 5. The summed E-state index contributed by atoms with van der Waals surface area (Å²) in [6.07, 6.45) is 2.23. The third-order valence-electron chi connectivity index (χ3n) is 3.75. The quantitative estimate of drug-likeness (QED) is 0.855. The van der Waals surface area contributed by atoms with Gasteiger partial charge in [-0.3, -0.25) is 9.59 Å². The van der Waals surface area contributed by atoms with Crippen molar-refractivity contribution in [3.8, 4) is 0 Å². The smallest absolute Gasteiger partial charge is 0.272 e. The van der Waals surface area contributed by atoms with E-state index in [-0.39, 0.29) is 23.2 Å². The van der Waals surface area contributed by atoms with Crippen molar-refractivity contribution >= 4 is 24.0 Å². The first-order valence-corrected chi connectivity index (χ1v) is 7.50. The maximum Gasteiger partial charge on any atom is 0.272 e. The Labute approximate surface area is 138 Å². The van der Waals surface area contributed by atoms with Crippen LogP contribution in [0.15, 0.2) is 36.5 Å². The second-order valence-electron chi connectivity index (χ2n) is 5.30. The van der Waals surface area contributed by atoms with Gasteiger partial charge in [0.1, 0.15) is 11.5 Å². The molecule has 1 aliphatic rings. The molecule has 0 radical (unpaired) electrons. The van der Waals surface area contributed by atoms with Gasteiger partial charge in [0, 0.05) is 32.4 Å². The Balaban J connectivity index is 1.72. The molecular weight excluding hydrogens is 313 g/mol. The lowest BCUT2D eigenvalue weighted by Crippen LogP contribution is -2.48. The van der Waals surface area contributed by atoms with Gasteiger partial charge in [0.2, 0.25) is 12.4 Å². The number of aromatic nitrogens is 2. The van der Waals surface area contributed by atoms with Crippen LogP contribution < -0.4 is 5.32 Å². The summed E-state index contributed by atoms with van der Waals surface area (Å²) in [5.41, 5.74) is 0.463. The fourth-order valence-corrected chi connectivity index (χ4v) is 2.41. The lowest BCUT2D eigenvalue weighted by molar-refractivity contribution is -0.119. The van der Waals surface area contributed by atoms with Crippen LogP contribution in [-0.4, -0.2) is 58.3 Å². The predicted molar refractivity (Wildman–Crippen MR) is 85.3 cm³/mol. The Kier molecular flexibility index (Phi) is 4.64. The highest BCUT2D eigenvalue weighted by atomic mass is 19.1. The normalized spacial score (nSPS) is 14.4. The predicted octanol–water partition coefficient (Wildman–Crippen LogP) is 1.27. The van der Waals surface area contributed by atoms with Gasteiger partial charge in [0.15, 0.2) is 0 Å². The third kappa shape index (κ3) is 3.48. The van der Waals surface area contributed by atoms with Gasteiger partial charge in [0.25, 0.3) is 5.91 Å². The van der Waals surface area contributed by atoms with Gasteiger partial charge in [0.05, 0.1) is 5.69 Å². The lowest BCUT2D eigenvalue weighted by atomic mass is 10.3. The Morgan fingerprint density at radius 3 is 2.62 bits per heavy atom. The molecule has 2 heterocycles. The number of nitrogens with zero attached hydrogens (tertiary/aromatic N) is 4. The van der Waals surface area contributed by atoms with E-state index in [0.29, 0.717) is 26.2 Å². The Morgan fingerprint density at radius 1 is 1.17 bits per heavy atom. The molecule has 1 fully saturated rings. The van der Waals surface area contributed by atoms with E-state index in [1.807, 2.05) is 0 Å². The molecule has 1 aromatic heterocycles. The van der Waals surface area contributed by atoms with Crippen molar-refractivity contribution in [3.63, 3.8) is 0 Å². The largest absolute Gasteiger partial charge is 0.342 e. The number of amides is 2. The number of piperazine rings is 1. The van der Waals surface area contributed by atoms with E-state index < -0.39 is 5.82 Å². The molecule has 2 amide bonds. The number of benzene rings is 1. The zero-order valence-electron chi connectivity index (χ0n) is 12.9. The van der Waals surface area contributed by atoms with Gasteiger partial charge in [-0.15, -0.1) is 0 Å². The number of carbonyl (C=O) groups is 2. The maximum atomic E-state index is 13.7. The van der Waals surface area contributed by atoms with Gasteiger partial charge in [-0.2, -0.15) is 0 Å². The summed E-state index contributed by atoms with van der Waals surface area (Å²) in [6.45, 7) is 1.91. The summed E-state index contributed by atoms with van der Waals surface area (Å²) in [6, 6.07) is 7.67. The minimum Gasteiger partial charge on any atom is -0.342 e. The number of halogens is 1. The van der Waals surface area contributed by atoms with Crippen molar-refractivity contribution in [1.82, 2.24) is 19.8 Å². The van der Waals surface area contributed by atoms with Crippen LogP contribution in [0.1, 0.15) is 10.5 Å². The van der Waals surface area contributed by atoms with Gasteiger partial charge >= 0.3 is 0 Å². The first kappa shape index (κ1) is 15.9. The first-order valence-electron chi connectivity index (χ1n) is 7.50. The molecule has 1 N–H and O–H groups in total. The van der Waals surface area contributed by atoms with Gasteiger partial charge in [-0.1, -0.05) is 12.1 Å². The fourth-order valence-electron chi connectivity index (χ4n) is 2.41. The minimum absolute atomic E-state index is 0.150. The number of rotatable bonds is 4. The van der Waals surface area contributed by atoms with Crippen LogP contribution in [0, 0.1) is 5.82 Å². The van der Waals surface area contributed by atoms with E-state index in [0.717, 1.165) is 6.41 Å². The highest BCUT2D eigenvalue weighted by Crippen LogP contribution is 2.17. The summed E-state index contributed by atoms with van der Waals surface area (Å²) in [5, 5.41) is 2.76. The van der Waals surface area contributed by atoms with Crippen molar-refractivity contribution in [2.75, 3.05) is 31.5 Å². The standard InChI is InChI=1S/C16H16FN5O2/c17-12-3-1-2-4-13(12)19-16-18-6-5-14(20-16)15(24)22-9-7-21(11-23)8-10-22/h1-6,11H,7-10H2,(H,18,19,20). The average Bonchev–Trinajstić information content (AvgIpc) is 2.63. The van der Waals surface area contributed by atoms with Crippen molar-refractivity contribution in [3.05, 3.63) is 48.0 Å². The topological polar surface area (TPSA) is 78.4 Å². The first-order chi connectivity index (χ1) is 11.7. The van der Waals surface area contributed by atoms with Crippen LogP contribution in [0.25, 0.3) is 0 Å². The molecule has 8 heteroatoms. The zero-order chi connectivity index (χ0) is 16.9. The van der Waals surface area contributed by atoms with E-state index >= 15 is 0 Å². The number of nitrogens with one attached hydrogen (secondary N) is 1. The van der Waals surface area contributed by atoms with E-state index in [2.05, 4.69) is 15.3 Å². The molecule has 2 aromatic rings. The number of para-hydroxylation sites is 1. The Hall–Kier alpha value is -3.03. The van der Waals surface area contributed by atoms with Crippen LogP contribution >= 0.6 is 0 Å². The van der Waals surface area contributed by atoms with Gasteiger partial charge in [-0.05, 0) is 18.2 Å². The van der Waals surface area contributed by atoms with E-state index in [1.165, 1.54) is 18.3 Å². The molecule has 1 aromatic carbocycles. The number of carbonyl (C=O) groups excluding carboxylic acids is 2. The number of hydrogen-bond donors (Lipinski definition) is 1. The molecule has 0 aliphatic carbocycles. The highest BCUT2D eigenvalue weighted by Gasteiger charge is 2.22. The van der Waals surface area contributed by atoms with E-state index in [1.54, 1.807) is 28.0 Å². The molecule has 1 aliphatic heterocycles. The summed E-state index contributed by atoms with van der Waals surface area (Å²) in [7, 11) is 0. The van der Waals surface area contributed by atoms with Gasteiger partial charge in [-0.25, -0.2) is 14.4 Å². The van der Waals surface area contributed by atoms with Crippen molar-refractivity contribution in [1.29, 1.82) is 0 Å². The average molecular weight is 329 g/mol. The van der Waals surface area contributed by atoms with Crippen molar-refractivity contribution in [2.24, 2.45) is 0 Å². The number of anilines is 2. The van der Waals surface area contributed by atoms with Gasteiger partial charge < -0.3 is 15.1 Å². The Morgan fingerprint density at radius 2 is 1.92 bits per heavy atom. The second-order valence-corrected chi connectivity index (χ2v) is 5.30. The molecule has 1 saturated heterocycles. The van der Waals surface area contributed by atoms with E-state index in [9.17, 15) is 14.0 Å². The summed E-state index contributed by atoms with van der Waals surface area (Å²) < 4.78 is 13.7. The Bertz CT molecular complexity index is 747. The summed E-state index contributed by atoms with van der Waals surface area (Å²) in [4.78, 5) is 34.6. The zero-order valence-corrected chi connectivity index (χ0v) is 12.9. The summed E-state index contributed by atoms with van der Waals surface area (Å²) >= 11 is 0. The van der Waals surface area contributed by atoms with Crippen LogP contribution in [0.2, 0.25) is 0 Å². The molecule has 3 rings (SSSR count). The molecule has 0 spiro atoms. The monoisotopic (exact) mass is 329 g/mol. The molecule has 0 unspecified atom stereocenters. The molecule has 0 bridgehead atoms. The lowest BCUT2D eigenvalue weighted by Gasteiger charge is -2.32. The fraction of sp³-hybridized carbons (Fsp3) is 0.250. The summed E-state index contributed by atoms with van der Waals surface area (Å²) in [5.74, 6) is -0.514. The SMILES string of the molecule is O=CN1CCN(C(=O)c2ccnc(Nc3ccccc3F)n2)CC1. The van der Waals surface area contributed by atoms with Crippen molar-refractivity contribution < 1.29 is 14.0 Å². The molecule has 0 saturated carbocycles. The molecular formula is C16H16FN5O2. The molecule has 7 nitrogen and oxygen atoms in total. The molecule has 24 heavy (non-hydrogen) atoms.